The molecule has 0 amide bonds. The number of nitrogens with zero attached hydrogens (tertiary/aromatic N) is 3. The van der Waals surface area contributed by atoms with Crippen LogP contribution in [0.2, 0.25) is 0 Å². The molecule has 0 radical (unpaired) electrons. The zero-order valence-corrected chi connectivity index (χ0v) is 9.63. The van der Waals surface area contributed by atoms with Crippen LogP contribution in [0.15, 0.2) is 18.6 Å². The van der Waals surface area contributed by atoms with Gasteiger partial charge in [0.25, 0.3) is 0 Å². The minimum Gasteiger partial charge on any atom is -0.352 e. The van der Waals surface area contributed by atoms with Crippen LogP contribution in [-0.4, -0.2) is 35.6 Å². The highest BCUT2D eigenvalue weighted by atomic mass is 15.3. The maximum absolute atomic E-state index is 4.43. The van der Waals surface area contributed by atoms with E-state index < -0.39 is 0 Å². The van der Waals surface area contributed by atoms with Crippen LogP contribution in [0.4, 0.5) is 5.82 Å². The molecule has 3 rings (SSSR count). The van der Waals surface area contributed by atoms with E-state index in [0.29, 0.717) is 6.04 Å². The maximum atomic E-state index is 4.43. The Morgan fingerprint density at radius 2 is 2.38 bits per heavy atom. The Labute approximate surface area is 96.1 Å². The molecule has 4 heteroatoms. The third-order valence-electron chi connectivity index (χ3n) is 3.98. The number of anilines is 1. The molecule has 2 saturated heterocycles. The molecule has 0 aliphatic carbocycles. The zero-order chi connectivity index (χ0) is 11.0. The molecule has 4 nitrogen and oxygen atoms in total. The first kappa shape index (κ1) is 10.0. The fraction of sp³-hybridized carbons (Fsp3) is 0.667. The number of hydrogen-bond acceptors (Lipinski definition) is 4. The lowest BCUT2D eigenvalue weighted by molar-refractivity contribution is 0.441. The van der Waals surface area contributed by atoms with E-state index in [1.807, 2.05) is 6.20 Å². The molecule has 0 aromatic carbocycles. The van der Waals surface area contributed by atoms with Crippen molar-refractivity contribution in [3.63, 3.8) is 0 Å². The number of fused-ring (bicyclic) bond motifs is 1. The van der Waals surface area contributed by atoms with Crippen LogP contribution in [-0.2, 0) is 0 Å². The van der Waals surface area contributed by atoms with E-state index >= 15 is 0 Å². The van der Waals surface area contributed by atoms with E-state index in [9.17, 15) is 0 Å². The minimum absolute atomic E-state index is 0.636. The van der Waals surface area contributed by atoms with Crippen LogP contribution in [0.3, 0.4) is 0 Å². The van der Waals surface area contributed by atoms with Gasteiger partial charge in [-0.1, -0.05) is 6.92 Å². The van der Waals surface area contributed by atoms with Crippen LogP contribution in [0.5, 0.6) is 0 Å². The Hall–Kier alpha value is -1.16. The molecule has 86 valence electrons. The molecule has 3 atom stereocenters. The summed E-state index contributed by atoms with van der Waals surface area (Å²) in [5.41, 5.74) is 0. The lowest BCUT2D eigenvalue weighted by Gasteiger charge is -2.27. The highest BCUT2D eigenvalue weighted by Crippen LogP contribution is 2.36. The van der Waals surface area contributed by atoms with E-state index in [0.717, 1.165) is 30.7 Å². The van der Waals surface area contributed by atoms with Gasteiger partial charge >= 0.3 is 0 Å². The van der Waals surface area contributed by atoms with Gasteiger partial charge in [-0.15, -0.1) is 0 Å². The van der Waals surface area contributed by atoms with Crippen LogP contribution < -0.4 is 10.2 Å². The molecular weight excluding hydrogens is 200 g/mol. The molecule has 16 heavy (non-hydrogen) atoms. The van der Waals surface area contributed by atoms with E-state index in [-0.39, 0.29) is 0 Å². The maximum Gasteiger partial charge on any atom is 0.147 e. The average molecular weight is 218 g/mol. The molecule has 0 saturated carbocycles. The third kappa shape index (κ3) is 1.48. The summed E-state index contributed by atoms with van der Waals surface area (Å²) in [6.07, 6.45) is 6.61. The smallest absolute Gasteiger partial charge is 0.147 e. The van der Waals surface area contributed by atoms with Gasteiger partial charge in [0, 0.05) is 38.1 Å². The van der Waals surface area contributed by atoms with Gasteiger partial charge in [0.15, 0.2) is 0 Å². The largest absolute Gasteiger partial charge is 0.352 e. The fourth-order valence-electron chi connectivity index (χ4n) is 3.25. The van der Waals surface area contributed by atoms with E-state index in [1.165, 1.54) is 13.0 Å². The Bertz CT molecular complexity index is 353. The molecule has 2 fully saturated rings. The van der Waals surface area contributed by atoms with E-state index in [1.54, 1.807) is 12.4 Å². The lowest BCUT2D eigenvalue weighted by Crippen LogP contribution is -2.35. The van der Waals surface area contributed by atoms with Gasteiger partial charge in [0.1, 0.15) is 5.82 Å². The Balaban J connectivity index is 1.86. The normalized spacial score (nSPS) is 33.1. The SMILES string of the molecule is CCC1C2CNCC2CN1c1cnccn1. The Morgan fingerprint density at radius 3 is 3.12 bits per heavy atom. The summed E-state index contributed by atoms with van der Waals surface area (Å²) < 4.78 is 0. The number of aromatic nitrogens is 2. The Morgan fingerprint density at radius 1 is 1.44 bits per heavy atom. The molecular formula is C12H18N4. The molecule has 1 aromatic heterocycles. The van der Waals surface area contributed by atoms with Crippen molar-refractivity contribution >= 4 is 5.82 Å². The summed E-state index contributed by atoms with van der Waals surface area (Å²) >= 11 is 0. The molecule has 2 aliphatic heterocycles. The monoisotopic (exact) mass is 218 g/mol. The Kier molecular flexibility index (Phi) is 2.52. The summed E-state index contributed by atoms with van der Waals surface area (Å²) in [5, 5.41) is 3.50. The average Bonchev–Trinajstić information content (AvgIpc) is 2.89. The van der Waals surface area contributed by atoms with Crippen LogP contribution in [0.1, 0.15) is 13.3 Å². The molecule has 1 N–H and O–H groups in total. The molecule has 0 bridgehead atoms. The molecule has 3 unspecified atom stereocenters. The predicted molar refractivity (Wildman–Crippen MR) is 63.3 cm³/mol. The summed E-state index contributed by atoms with van der Waals surface area (Å²) in [7, 11) is 0. The standard InChI is InChI=1S/C12H18N4/c1-2-11-10-6-14-5-9(10)8-16(11)12-7-13-3-4-15-12/h3-4,7,9-11,14H,2,5-6,8H2,1H3. The zero-order valence-electron chi connectivity index (χ0n) is 9.63. The van der Waals surface area contributed by atoms with Gasteiger partial charge < -0.3 is 10.2 Å². The van der Waals surface area contributed by atoms with E-state index in [2.05, 4.69) is 27.1 Å². The lowest BCUT2D eigenvalue weighted by atomic mass is 9.93. The molecule has 1 aromatic rings. The van der Waals surface area contributed by atoms with Crippen LogP contribution in [0, 0.1) is 11.8 Å². The van der Waals surface area contributed by atoms with Crippen molar-refractivity contribution in [1.29, 1.82) is 0 Å². The number of nitrogens with one attached hydrogen (secondary N) is 1. The van der Waals surface area contributed by atoms with Crippen molar-refractivity contribution < 1.29 is 0 Å². The fourth-order valence-corrected chi connectivity index (χ4v) is 3.25. The van der Waals surface area contributed by atoms with Gasteiger partial charge in [0.2, 0.25) is 0 Å². The van der Waals surface area contributed by atoms with Crippen molar-refractivity contribution in [2.24, 2.45) is 11.8 Å². The first-order valence-electron chi connectivity index (χ1n) is 6.13. The van der Waals surface area contributed by atoms with Gasteiger partial charge in [-0.3, -0.25) is 4.98 Å². The third-order valence-corrected chi connectivity index (χ3v) is 3.98. The van der Waals surface area contributed by atoms with E-state index in [4.69, 9.17) is 0 Å². The summed E-state index contributed by atoms with van der Waals surface area (Å²) in [5.74, 6) is 2.64. The van der Waals surface area contributed by atoms with Gasteiger partial charge in [-0.25, -0.2) is 4.98 Å². The summed E-state index contributed by atoms with van der Waals surface area (Å²) in [4.78, 5) is 11.0. The van der Waals surface area contributed by atoms with Crippen LogP contribution >= 0.6 is 0 Å². The van der Waals surface area contributed by atoms with Crippen molar-refractivity contribution in [3.05, 3.63) is 18.6 Å². The number of rotatable bonds is 2. The summed E-state index contributed by atoms with van der Waals surface area (Å²) in [6, 6.07) is 0.636. The second kappa shape index (κ2) is 4.01. The second-order valence-electron chi connectivity index (χ2n) is 4.77. The predicted octanol–water partition coefficient (Wildman–Crippen LogP) is 0.911. The first-order valence-corrected chi connectivity index (χ1v) is 6.13. The van der Waals surface area contributed by atoms with Gasteiger partial charge in [0.05, 0.1) is 6.20 Å². The van der Waals surface area contributed by atoms with Gasteiger partial charge in [-0.2, -0.15) is 0 Å². The van der Waals surface area contributed by atoms with Crippen molar-refractivity contribution in [2.75, 3.05) is 24.5 Å². The first-order chi connectivity index (χ1) is 7.90. The van der Waals surface area contributed by atoms with Crippen molar-refractivity contribution in [1.82, 2.24) is 15.3 Å². The number of hydrogen-bond donors (Lipinski definition) is 1. The molecule has 2 aliphatic rings. The minimum atomic E-state index is 0.636. The highest BCUT2D eigenvalue weighted by Gasteiger charge is 2.43. The van der Waals surface area contributed by atoms with Crippen molar-refractivity contribution in [2.45, 2.75) is 19.4 Å². The van der Waals surface area contributed by atoms with Gasteiger partial charge in [-0.05, 0) is 18.3 Å². The molecule has 0 spiro atoms. The highest BCUT2D eigenvalue weighted by molar-refractivity contribution is 5.40. The molecule has 3 heterocycles. The van der Waals surface area contributed by atoms with Crippen LogP contribution in [0.25, 0.3) is 0 Å². The summed E-state index contributed by atoms with van der Waals surface area (Å²) in [6.45, 7) is 5.74. The van der Waals surface area contributed by atoms with Crippen molar-refractivity contribution in [3.8, 4) is 0 Å². The topological polar surface area (TPSA) is 41.0 Å². The second-order valence-corrected chi connectivity index (χ2v) is 4.77. The quantitative estimate of drug-likeness (QED) is 0.801.